The van der Waals surface area contributed by atoms with Crippen molar-refractivity contribution < 1.29 is 22.7 Å². The van der Waals surface area contributed by atoms with Gasteiger partial charge in [-0.25, -0.2) is 8.42 Å². The molecule has 2 amide bonds. The lowest BCUT2D eigenvalue weighted by Crippen LogP contribution is -2.52. The first kappa shape index (κ1) is 26.5. The molecule has 0 spiro atoms. The van der Waals surface area contributed by atoms with E-state index in [-0.39, 0.29) is 18.5 Å². The summed E-state index contributed by atoms with van der Waals surface area (Å²) >= 11 is 0. The monoisotopic (exact) mass is 501 g/mol. The van der Waals surface area contributed by atoms with E-state index in [4.69, 9.17) is 4.74 Å². The van der Waals surface area contributed by atoms with E-state index in [0.717, 1.165) is 47.4 Å². The molecule has 190 valence electrons. The number of amides is 2. The molecule has 1 aliphatic carbocycles. The van der Waals surface area contributed by atoms with Gasteiger partial charge in [-0.15, -0.1) is 0 Å². The highest BCUT2D eigenvalue weighted by atomic mass is 32.2. The van der Waals surface area contributed by atoms with Gasteiger partial charge in [-0.1, -0.05) is 42.7 Å². The maximum Gasteiger partial charge on any atom is 0.244 e. The first-order valence-corrected chi connectivity index (χ1v) is 13.7. The van der Waals surface area contributed by atoms with E-state index < -0.39 is 28.5 Å². The highest BCUT2D eigenvalue weighted by Crippen LogP contribution is 2.21. The number of nitrogens with one attached hydrogen (secondary N) is 1. The number of carbonyl (C=O) groups is 2. The molecule has 0 aliphatic heterocycles. The van der Waals surface area contributed by atoms with Crippen LogP contribution in [0.5, 0.6) is 5.75 Å². The zero-order valence-corrected chi connectivity index (χ0v) is 21.7. The second-order valence-corrected chi connectivity index (χ2v) is 11.0. The molecule has 1 saturated carbocycles. The molecule has 9 heteroatoms. The van der Waals surface area contributed by atoms with E-state index in [2.05, 4.69) is 5.32 Å². The average Bonchev–Trinajstić information content (AvgIpc) is 3.34. The Morgan fingerprint density at radius 2 is 1.66 bits per heavy atom. The number of methoxy groups -OCH3 is 1. The summed E-state index contributed by atoms with van der Waals surface area (Å²) in [5.41, 5.74) is 2.19. The molecule has 1 fully saturated rings. The minimum absolute atomic E-state index is 0.114. The molecule has 0 radical (unpaired) electrons. The Hall–Kier alpha value is -3.07. The van der Waals surface area contributed by atoms with Crippen molar-refractivity contribution in [3.05, 3.63) is 59.7 Å². The van der Waals surface area contributed by atoms with E-state index in [1.807, 2.05) is 19.1 Å². The maximum atomic E-state index is 13.6. The number of sulfonamides is 1. The van der Waals surface area contributed by atoms with Crippen LogP contribution in [0, 0.1) is 6.92 Å². The minimum atomic E-state index is -3.74. The number of benzene rings is 2. The summed E-state index contributed by atoms with van der Waals surface area (Å²) in [6, 6.07) is 13.5. The Morgan fingerprint density at radius 3 is 2.20 bits per heavy atom. The van der Waals surface area contributed by atoms with Crippen LogP contribution in [0.15, 0.2) is 48.5 Å². The number of carbonyl (C=O) groups excluding carboxylic acids is 2. The number of aryl methyl sites for hydroxylation is 1. The van der Waals surface area contributed by atoms with Crippen LogP contribution in [-0.2, 0) is 26.2 Å². The summed E-state index contributed by atoms with van der Waals surface area (Å²) in [6.07, 6.45) is 5.09. The Kier molecular flexibility index (Phi) is 8.77. The Labute approximate surface area is 208 Å². The van der Waals surface area contributed by atoms with Crippen molar-refractivity contribution in [1.82, 2.24) is 10.2 Å². The summed E-state index contributed by atoms with van der Waals surface area (Å²) in [5.74, 6) is -0.0119. The predicted molar refractivity (Wildman–Crippen MR) is 137 cm³/mol. The lowest BCUT2D eigenvalue weighted by atomic mass is 10.1. The SMILES string of the molecule is COc1ccc(CN(C(=O)CN(c2ccc(C)cc2)S(C)(=O)=O)[C@@H](C)C(=O)NC2CCCC2)cc1. The normalized spacial score (nSPS) is 14.9. The van der Waals surface area contributed by atoms with E-state index in [0.29, 0.717) is 11.4 Å². The van der Waals surface area contributed by atoms with Gasteiger partial charge in [-0.05, 0) is 56.5 Å². The highest BCUT2D eigenvalue weighted by Gasteiger charge is 2.31. The van der Waals surface area contributed by atoms with Gasteiger partial charge in [0, 0.05) is 12.6 Å². The first-order valence-electron chi connectivity index (χ1n) is 11.9. The highest BCUT2D eigenvalue weighted by molar-refractivity contribution is 7.92. The zero-order chi connectivity index (χ0) is 25.6. The molecule has 3 rings (SSSR count). The molecule has 2 aromatic rings. The zero-order valence-electron chi connectivity index (χ0n) is 20.9. The lowest BCUT2D eigenvalue weighted by Gasteiger charge is -2.32. The molecule has 0 heterocycles. The van der Waals surface area contributed by atoms with Crippen molar-refractivity contribution >= 4 is 27.5 Å². The molecular formula is C26H35N3O5S. The quantitative estimate of drug-likeness (QED) is 0.539. The van der Waals surface area contributed by atoms with Crippen LogP contribution in [0.25, 0.3) is 0 Å². The van der Waals surface area contributed by atoms with Gasteiger partial charge >= 0.3 is 0 Å². The molecule has 0 bridgehead atoms. The van der Waals surface area contributed by atoms with E-state index in [9.17, 15) is 18.0 Å². The van der Waals surface area contributed by atoms with Crippen molar-refractivity contribution in [3.63, 3.8) is 0 Å². The molecule has 0 unspecified atom stereocenters. The standard InChI is InChI=1S/C26H35N3O5S/c1-19-9-13-23(14-10-19)29(35(4,32)33)18-25(30)28(17-21-11-15-24(34-3)16-12-21)20(2)26(31)27-22-7-5-6-8-22/h9-16,20,22H,5-8,17-18H2,1-4H3,(H,27,31)/t20-/m0/s1. The van der Waals surface area contributed by atoms with E-state index in [1.54, 1.807) is 50.4 Å². The van der Waals surface area contributed by atoms with Crippen molar-refractivity contribution in [2.24, 2.45) is 0 Å². The summed E-state index contributed by atoms with van der Waals surface area (Å²) in [7, 11) is -2.16. The third-order valence-corrected chi connectivity index (χ3v) is 7.52. The number of ether oxygens (including phenoxy) is 1. The second-order valence-electron chi connectivity index (χ2n) is 9.14. The van der Waals surface area contributed by atoms with Gasteiger partial charge in [0.05, 0.1) is 19.1 Å². The fourth-order valence-corrected chi connectivity index (χ4v) is 5.08. The summed E-state index contributed by atoms with van der Waals surface area (Å²) in [4.78, 5) is 28.1. The van der Waals surface area contributed by atoms with Crippen LogP contribution in [0.1, 0.15) is 43.7 Å². The first-order chi connectivity index (χ1) is 16.6. The van der Waals surface area contributed by atoms with Crippen LogP contribution >= 0.6 is 0 Å². The van der Waals surface area contributed by atoms with Crippen molar-refractivity contribution in [3.8, 4) is 5.75 Å². The molecule has 0 aromatic heterocycles. The van der Waals surface area contributed by atoms with Gasteiger partial charge in [0.1, 0.15) is 18.3 Å². The Balaban J connectivity index is 1.86. The van der Waals surface area contributed by atoms with Gasteiger partial charge < -0.3 is 15.0 Å². The third-order valence-electron chi connectivity index (χ3n) is 6.38. The second kappa shape index (κ2) is 11.6. The van der Waals surface area contributed by atoms with Crippen molar-refractivity contribution in [1.29, 1.82) is 0 Å². The minimum Gasteiger partial charge on any atom is -0.497 e. The number of hydrogen-bond donors (Lipinski definition) is 1. The lowest BCUT2D eigenvalue weighted by molar-refractivity contribution is -0.139. The maximum absolute atomic E-state index is 13.6. The third kappa shape index (κ3) is 7.21. The summed E-state index contributed by atoms with van der Waals surface area (Å²) < 4.78 is 31.5. The summed E-state index contributed by atoms with van der Waals surface area (Å²) in [6.45, 7) is 3.34. The molecule has 1 aliphatic rings. The van der Waals surface area contributed by atoms with Crippen molar-refractivity contribution in [2.75, 3.05) is 24.2 Å². The molecule has 2 aromatic carbocycles. The topological polar surface area (TPSA) is 96.0 Å². The van der Waals surface area contributed by atoms with Crippen molar-refractivity contribution in [2.45, 2.75) is 58.2 Å². The van der Waals surface area contributed by atoms with Crippen LogP contribution in [0.4, 0.5) is 5.69 Å². The Morgan fingerprint density at radius 1 is 1.06 bits per heavy atom. The van der Waals surface area contributed by atoms with Crippen LogP contribution in [-0.4, -0.2) is 57.1 Å². The van der Waals surface area contributed by atoms with Crippen LogP contribution < -0.4 is 14.4 Å². The van der Waals surface area contributed by atoms with Crippen LogP contribution in [0.3, 0.4) is 0 Å². The van der Waals surface area contributed by atoms with Gasteiger partial charge in [-0.3, -0.25) is 13.9 Å². The number of nitrogens with zero attached hydrogens (tertiary/aromatic N) is 2. The van der Waals surface area contributed by atoms with E-state index in [1.165, 1.54) is 4.90 Å². The smallest absolute Gasteiger partial charge is 0.244 e. The Bertz CT molecular complexity index is 1110. The van der Waals surface area contributed by atoms with Gasteiger partial charge in [0.15, 0.2) is 0 Å². The van der Waals surface area contributed by atoms with Crippen LogP contribution in [0.2, 0.25) is 0 Å². The average molecular weight is 502 g/mol. The van der Waals surface area contributed by atoms with Gasteiger partial charge in [0.2, 0.25) is 21.8 Å². The summed E-state index contributed by atoms with van der Waals surface area (Å²) in [5, 5.41) is 3.05. The van der Waals surface area contributed by atoms with Gasteiger partial charge in [-0.2, -0.15) is 0 Å². The predicted octanol–water partition coefficient (Wildman–Crippen LogP) is 3.25. The number of rotatable bonds is 10. The molecule has 1 atom stereocenters. The molecule has 0 saturated heterocycles. The fraction of sp³-hybridized carbons (Fsp3) is 0.462. The fourth-order valence-electron chi connectivity index (χ4n) is 4.23. The molecular weight excluding hydrogens is 466 g/mol. The molecule has 35 heavy (non-hydrogen) atoms. The largest absolute Gasteiger partial charge is 0.497 e. The van der Waals surface area contributed by atoms with E-state index >= 15 is 0 Å². The number of hydrogen-bond acceptors (Lipinski definition) is 5. The molecule has 8 nitrogen and oxygen atoms in total. The molecule has 1 N–H and O–H groups in total. The van der Waals surface area contributed by atoms with Gasteiger partial charge in [0.25, 0.3) is 0 Å². The number of anilines is 1.